The van der Waals surface area contributed by atoms with Crippen LogP contribution >= 0.6 is 11.3 Å². The number of urea groups is 1. The van der Waals surface area contributed by atoms with Crippen molar-refractivity contribution in [3.8, 4) is 0 Å². The van der Waals surface area contributed by atoms with Gasteiger partial charge in [-0.15, -0.1) is 11.3 Å². The Bertz CT molecular complexity index is 475. The van der Waals surface area contributed by atoms with E-state index in [9.17, 15) is 9.59 Å². The van der Waals surface area contributed by atoms with Gasteiger partial charge in [0.25, 0.3) is 0 Å². The van der Waals surface area contributed by atoms with Crippen molar-refractivity contribution < 1.29 is 14.7 Å². The summed E-state index contributed by atoms with van der Waals surface area (Å²) in [6, 6.07) is -0.364. The number of carbonyl (C=O) groups is 2. The van der Waals surface area contributed by atoms with Crippen molar-refractivity contribution >= 4 is 23.3 Å². The lowest BCUT2D eigenvalue weighted by atomic mass is 10.1. The first-order chi connectivity index (χ1) is 9.08. The molecule has 7 heteroatoms. The van der Waals surface area contributed by atoms with Crippen LogP contribution in [0.1, 0.15) is 29.8 Å². The molecule has 1 fully saturated rings. The molecule has 2 rings (SSSR count). The van der Waals surface area contributed by atoms with E-state index in [0.717, 1.165) is 23.4 Å². The fourth-order valence-corrected chi connectivity index (χ4v) is 2.99. The molecule has 1 aliphatic heterocycles. The summed E-state index contributed by atoms with van der Waals surface area (Å²) < 4.78 is 0. The standard InChI is InChI=1S/C12H17N3O3S/c1-8-10(19-7-14-8)6-13-12(18)15-4-2-3-9(15)5-11(16)17/h7,9H,2-6H2,1H3,(H,13,18)(H,16,17). The number of amides is 2. The highest BCUT2D eigenvalue weighted by molar-refractivity contribution is 7.09. The third kappa shape index (κ3) is 3.44. The molecule has 2 amide bonds. The summed E-state index contributed by atoms with van der Waals surface area (Å²) >= 11 is 1.51. The van der Waals surface area contributed by atoms with Crippen molar-refractivity contribution in [2.45, 2.75) is 38.8 Å². The monoisotopic (exact) mass is 283 g/mol. The van der Waals surface area contributed by atoms with Gasteiger partial charge in [-0.3, -0.25) is 4.79 Å². The van der Waals surface area contributed by atoms with Crippen molar-refractivity contribution in [1.82, 2.24) is 15.2 Å². The van der Waals surface area contributed by atoms with Gasteiger partial charge in [-0.25, -0.2) is 9.78 Å². The topological polar surface area (TPSA) is 82.5 Å². The maximum Gasteiger partial charge on any atom is 0.317 e. The summed E-state index contributed by atoms with van der Waals surface area (Å²) in [5, 5.41) is 11.7. The Morgan fingerprint density at radius 3 is 3.05 bits per heavy atom. The number of aromatic nitrogens is 1. The van der Waals surface area contributed by atoms with Gasteiger partial charge in [-0.2, -0.15) is 0 Å². The van der Waals surface area contributed by atoms with Crippen molar-refractivity contribution in [3.63, 3.8) is 0 Å². The first kappa shape index (κ1) is 13.8. The molecule has 2 N–H and O–H groups in total. The number of thiazole rings is 1. The summed E-state index contributed by atoms with van der Waals surface area (Å²) in [6.45, 7) is 2.98. The molecule has 2 heterocycles. The van der Waals surface area contributed by atoms with Crippen LogP contribution in [-0.2, 0) is 11.3 Å². The molecule has 0 radical (unpaired) electrons. The van der Waals surface area contributed by atoms with Crippen LogP contribution in [0, 0.1) is 6.92 Å². The molecular formula is C12H17N3O3S. The van der Waals surface area contributed by atoms with Gasteiger partial charge in [-0.05, 0) is 19.8 Å². The minimum absolute atomic E-state index is 0.0208. The number of carboxylic acid groups (broad SMARTS) is 1. The van der Waals surface area contributed by atoms with E-state index in [2.05, 4.69) is 10.3 Å². The van der Waals surface area contributed by atoms with Crippen LogP contribution in [0.3, 0.4) is 0 Å². The SMILES string of the molecule is Cc1ncsc1CNC(=O)N1CCCC1CC(=O)O. The highest BCUT2D eigenvalue weighted by Gasteiger charge is 2.30. The highest BCUT2D eigenvalue weighted by atomic mass is 32.1. The Labute approximate surface area is 115 Å². The lowest BCUT2D eigenvalue weighted by Crippen LogP contribution is -2.43. The second-order valence-electron chi connectivity index (χ2n) is 4.61. The number of hydrogen-bond donors (Lipinski definition) is 2. The minimum atomic E-state index is -0.858. The zero-order valence-electron chi connectivity index (χ0n) is 10.8. The average molecular weight is 283 g/mol. The molecule has 1 saturated heterocycles. The Hall–Kier alpha value is -1.63. The van der Waals surface area contributed by atoms with Gasteiger partial charge in [0.05, 0.1) is 24.2 Å². The number of nitrogens with zero attached hydrogens (tertiary/aromatic N) is 2. The predicted molar refractivity (Wildman–Crippen MR) is 71.1 cm³/mol. The van der Waals surface area contributed by atoms with Gasteiger partial charge in [0.15, 0.2) is 0 Å². The molecule has 19 heavy (non-hydrogen) atoms. The van der Waals surface area contributed by atoms with E-state index >= 15 is 0 Å². The maximum atomic E-state index is 12.0. The van der Waals surface area contributed by atoms with Crippen molar-refractivity contribution in [1.29, 1.82) is 0 Å². The maximum absolute atomic E-state index is 12.0. The molecule has 0 bridgehead atoms. The summed E-state index contributed by atoms with van der Waals surface area (Å²) in [4.78, 5) is 29.6. The molecule has 1 atom stereocenters. The number of aliphatic carboxylic acids is 1. The lowest BCUT2D eigenvalue weighted by molar-refractivity contribution is -0.137. The molecule has 0 spiro atoms. The lowest BCUT2D eigenvalue weighted by Gasteiger charge is -2.23. The molecule has 1 unspecified atom stereocenters. The number of carbonyl (C=O) groups excluding carboxylic acids is 1. The summed E-state index contributed by atoms with van der Waals surface area (Å²) in [6.07, 6.45) is 1.65. The molecule has 1 aromatic heterocycles. The van der Waals surface area contributed by atoms with Gasteiger partial charge in [-0.1, -0.05) is 0 Å². The Morgan fingerprint density at radius 1 is 1.63 bits per heavy atom. The molecule has 0 aliphatic carbocycles. The molecule has 1 aliphatic rings. The van der Waals surface area contributed by atoms with Crippen LogP contribution in [0.25, 0.3) is 0 Å². The zero-order valence-corrected chi connectivity index (χ0v) is 11.6. The summed E-state index contributed by atoms with van der Waals surface area (Å²) in [7, 11) is 0. The van der Waals surface area contributed by atoms with Crippen LogP contribution < -0.4 is 5.32 Å². The first-order valence-corrected chi connectivity index (χ1v) is 7.11. The largest absolute Gasteiger partial charge is 0.481 e. The van der Waals surface area contributed by atoms with Crippen LogP contribution in [0.5, 0.6) is 0 Å². The fourth-order valence-electron chi connectivity index (χ4n) is 2.27. The van der Waals surface area contributed by atoms with E-state index in [0.29, 0.717) is 13.1 Å². The number of aryl methyl sites for hydroxylation is 1. The third-order valence-corrected chi connectivity index (χ3v) is 4.23. The molecular weight excluding hydrogens is 266 g/mol. The van der Waals surface area contributed by atoms with E-state index in [4.69, 9.17) is 5.11 Å². The van der Waals surface area contributed by atoms with Crippen molar-refractivity contribution in [2.75, 3.05) is 6.54 Å². The van der Waals surface area contributed by atoms with E-state index in [1.54, 1.807) is 10.4 Å². The number of hydrogen-bond acceptors (Lipinski definition) is 4. The quantitative estimate of drug-likeness (QED) is 0.879. The Morgan fingerprint density at radius 2 is 2.42 bits per heavy atom. The van der Waals surface area contributed by atoms with E-state index in [1.807, 2.05) is 6.92 Å². The Kier molecular flexibility index (Phi) is 4.36. The molecule has 0 saturated carbocycles. The second kappa shape index (κ2) is 6.01. The number of likely N-dealkylation sites (tertiary alicyclic amines) is 1. The molecule has 104 valence electrons. The fraction of sp³-hybridized carbons (Fsp3) is 0.583. The van der Waals surface area contributed by atoms with Crippen LogP contribution in [0.2, 0.25) is 0 Å². The Balaban J connectivity index is 1.88. The zero-order chi connectivity index (χ0) is 13.8. The van der Waals surface area contributed by atoms with E-state index in [-0.39, 0.29) is 18.5 Å². The second-order valence-corrected chi connectivity index (χ2v) is 5.55. The normalized spacial score (nSPS) is 18.6. The summed E-state index contributed by atoms with van der Waals surface area (Å²) in [5.41, 5.74) is 2.67. The highest BCUT2D eigenvalue weighted by Crippen LogP contribution is 2.20. The van der Waals surface area contributed by atoms with E-state index in [1.165, 1.54) is 11.3 Å². The first-order valence-electron chi connectivity index (χ1n) is 6.23. The predicted octanol–water partition coefficient (Wildman–Crippen LogP) is 1.60. The minimum Gasteiger partial charge on any atom is -0.481 e. The third-order valence-electron chi connectivity index (χ3n) is 3.29. The van der Waals surface area contributed by atoms with Crippen molar-refractivity contribution in [2.24, 2.45) is 0 Å². The summed E-state index contributed by atoms with van der Waals surface area (Å²) in [5.74, 6) is -0.858. The number of nitrogens with one attached hydrogen (secondary N) is 1. The van der Waals surface area contributed by atoms with E-state index < -0.39 is 5.97 Å². The van der Waals surface area contributed by atoms with Gasteiger partial charge < -0.3 is 15.3 Å². The smallest absolute Gasteiger partial charge is 0.317 e. The van der Waals surface area contributed by atoms with Crippen LogP contribution in [0.4, 0.5) is 4.79 Å². The van der Waals surface area contributed by atoms with Gasteiger partial charge in [0.2, 0.25) is 0 Å². The van der Waals surface area contributed by atoms with Crippen LogP contribution in [-0.4, -0.2) is 39.6 Å². The molecule has 0 aromatic carbocycles. The van der Waals surface area contributed by atoms with Gasteiger partial charge in [0.1, 0.15) is 0 Å². The van der Waals surface area contributed by atoms with Gasteiger partial charge in [0, 0.05) is 17.5 Å². The number of carboxylic acids is 1. The van der Waals surface area contributed by atoms with Crippen LogP contribution in [0.15, 0.2) is 5.51 Å². The molecule has 1 aromatic rings. The number of rotatable bonds is 4. The van der Waals surface area contributed by atoms with Crippen molar-refractivity contribution in [3.05, 3.63) is 16.1 Å². The average Bonchev–Trinajstić information content (AvgIpc) is 2.95. The van der Waals surface area contributed by atoms with Gasteiger partial charge >= 0.3 is 12.0 Å². The molecule has 6 nitrogen and oxygen atoms in total.